The second-order valence-electron chi connectivity index (χ2n) is 4.71. The number of nitrogens with one attached hydrogen (secondary N) is 2. The number of nitrogens with two attached hydrogens (primary N) is 1. The van der Waals surface area contributed by atoms with Crippen LogP contribution in [0.4, 0.5) is 5.13 Å². The zero-order valence-corrected chi connectivity index (χ0v) is 13.9. The molecule has 0 radical (unpaired) electrons. The van der Waals surface area contributed by atoms with E-state index in [4.69, 9.17) is 5.73 Å². The highest BCUT2D eigenvalue weighted by Crippen LogP contribution is 2.22. The number of carbonyl (C=O) groups is 1. The van der Waals surface area contributed by atoms with Gasteiger partial charge in [0.1, 0.15) is 5.69 Å². The number of amides is 1. The number of carbonyl (C=O) groups excluding carboxylic acids is 1. The lowest BCUT2D eigenvalue weighted by Gasteiger charge is -2.03. The topological polar surface area (TPSA) is 118 Å². The van der Waals surface area contributed by atoms with Crippen molar-refractivity contribution in [1.82, 2.24) is 20.3 Å². The van der Waals surface area contributed by atoms with Crippen LogP contribution in [-0.2, 0) is 11.3 Å². The maximum absolute atomic E-state index is 11.0. The molecule has 2 aromatic rings. The van der Waals surface area contributed by atoms with E-state index in [2.05, 4.69) is 30.6 Å². The van der Waals surface area contributed by atoms with Crippen LogP contribution in [0.15, 0.2) is 22.6 Å². The molecule has 4 N–H and O–H groups in total. The summed E-state index contributed by atoms with van der Waals surface area (Å²) in [5.41, 5.74) is 7.13. The van der Waals surface area contributed by atoms with Crippen molar-refractivity contribution in [3.05, 3.63) is 23.3 Å². The van der Waals surface area contributed by atoms with E-state index in [0.717, 1.165) is 12.1 Å². The first-order valence-corrected chi connectivity index (χ1v) is 8.05. The molecule has 0 aliphatic rings. The molecule has 2 rings (SSSR count). The molecular formula is C14H19N7OS. The van der Waals surface area contributed by atoms with Gasteiger partial charge in [-0.1, -0.05) is 6.92 Å². The van der Waals surface area contributed by atoms with Gasteiger partial charge in [-0.3, -0.25) is 9.79 Å². The number of hydrogen-bond acceptors (Lipinski definition) is 6. The van der Waals surface area contributed by atoms with Crippen LogP contribution in [0.25, 0.3) is 11.5 Å². The molecule has 0 aliphatic carbocycles. The number of guanidine groups is 1. The number of hydrogen-bond donors (Lipinski definition) is 3. The van der Waals surface area contributed by atoms with Gasteiger partial charge in [-0.25, -0.2) is 15.0 Å². The maximum atomic E-state index is 11.0. The van der Waals surface area contributed by atoms with Crippen molar-refractivity contribution in [2.75, 3.05) is 11.9 Å². The van der Waals surface area contributed by atoms with Crippen LogP contribution in [0.1, 0.15) is 26.0 Å². The predicted octanol–water partition coefficient (Wildman–Crippen LogP) is 1.37. The van der Waals surface area contributed by atoms with Gasteiger partial charge in [0.15, 0.2) is 16.9 Å². The molecule has 8 nitrogen and oxygen atoms in total. The molecule has 0 fully saturated rings. The van der Waals surface area contributed by atoms with Gasteiger partial charge in [-0.15, -0.1) is 11.3 Å². The predicted molar refractivity (Wildman–Crippen MR) is 91.1 cm³/mol. The van der Waals surface area contributed by atoms with Crippen molar-refractivity contribution >= 4 is 28.3 Å². The molecule has 0 bridgehead atoms. The minimum absolute atomic E-state index is 0.104. The third-order valence-corrected chi connectivity index (χ3v) is 3.46. The summed E-state index contributed by atoms with van der Waals surface area (Å²) in [4.78, 5) is 28.1. The third kappa shape index (κ3) is 5.29. The molecule has 0 saturated carbocycles. The lowest BCUT2D eigenvalue weighted by molar-refractivity contribution is -0.119. The first-order valence-electron chi connectivity index (χ1n) is 7.17. The van der Waals surface area contributed by atoms with E-state index in [1.54, 1.807) is 12.3 Å². The molecule has 0 spiro atoms. The van der Waals surface area contributed by atoms with Crippen LogP contribution in [0.3, 0.4) is 0 Å². The standard InChI is InChI=1S/C14H19N7OS/c1-3-5-17-13(15)21-14-20-11(8-23-14)12-16-6-4-10(19-12)7-18-9(2)22/h4,6,8H,3,5,7H2,1-2H3,(H,18,22)(H3,15,17,20,21). The molecule has 9 heteroatoms. The summed E-state index contributed by atoms with van der Waals surface area (Å²) in [7, 11) is 0. The number of rotatable bonds is 6. The summed E-state index contributed by atoms with van der Waals surface area (Å²) in [5.74, 6) is 0.737. The van der Waals surface area contributed by atoms with Crippen LogP contribution in [0.2, 0.25) is 0 Å². The summed E-state index contributed by atoms with van der Waals surface area (Å²) in [6, 6.07) is 1.75. The number of aromatic nitrogens is 3. The van der Waals surface area contributed by atoms with Crippen molar-refractivity contribution in [2.45, 2.75) is 26.8 Å². The molecule has 0 atom stereocenters. The monoisotopic (exact) mass is 333 g/mol. The molecule has 0 unspecified atom stereocenters. The largest absolute Gasteiger partial charge is 0.370 e. The number of anilines is 1. The fraction of sp³-hybridized carbons (Fsp3) is 0.357. The van der Waals surface area contributed by atoms with E-state index in [1.165, 1.54) is 18.3 Å². The van der Waals surface area contributed by atoms with Crippen LogP contribution in [0.5, 0.6) is 0 Å². The molecule has 23 heavy (non-hydrogen) atoms. The van der Waals surface area contributed by atoms with Gasteiger partial charge in [0.25, 0.3) is 0 Å². The first kappa shape index (κ1) is 16.8. The van der Waals surface area contributed by atoms with Gasteiger partial charge in [0, 0.05) is 25.0 Å². The van der Waals surface area contributed by atoms with Gasteiger partial charge in [0.05, 0.1) is 12.2 Å². The lowest BCUT2D eigenvalue weighted by Crippen LogP contribution is -2.22. The first-order chi connectivity index (χ1) is 11.1. The van der Waals surface area contributed by atoms with E-state index in [-0.39, 0.29) is 5.91 Å². The molecule has 0 saturated heterocycles. The highest BCUT2D eigenvalue weighted by atomic mass is 32.1. The molecule has 1 amide bonds. The highest BCUT2D eigenvalue weighted by molar-refractivity contribution is 7.14. The number of nitrogens with zero attached hydrogens (tertiary/aromatic N) is 4. The SMILES string of the molecule is CCCN=C(N)Nc1nc(-c2nccc(CNC(C)=O)n2)cs1. The Balaban J connectivity index is 2.08. The summed E-state index contributed by atoms with van der Waals surface area (Å²) in [6.07, 6.45) is 2.57. The smallest absolute Gasteiger partial charge is 0.217 e. The highest BCUT2D eigenvalue weighted by Gasteiger charge is 2.09. The van der Waals surface area contributed by atoms with E-state index >= 15 is 0 Å². The zero-order chi connectivity index (χ0) is 16.7. The van der Waals surface area contributed by atoms with Crippen molar-refractivity contribution in [3.63, 3.8) is 0 Å². The van der Waals surface area contributed by atoms with Gasteiger partial charge in [-0.05, 0) is 12.5 Å². The quantitative estimate of drug-likeness (QED) is 0.543. The van der Waals surface area contributed by atoms with Gasteiger partial charge in [-0.2, -0.15) is 0 Å². The Morgan fingerprint density at radius 3 is 3.00 bits per heavy atom. The summed E-state index contributed by atoms with van der Waals surface area (Å²) in [5, 5.41) is 8.12. The normalized spacial score (nSPS) is 11.3. The second-order valence-corrected chi connectivity index (χ2v) is 5.57. The van der Waals surface area contributed by atoms with Gasteiger partial charge < -0.3 is 16.4 Å². The molecular weight excluding hydrogens is 314 g/mol. The molecule has 2 heterocycles. The van der Waals surface area contributed by atoms with Crippen molar-refractivity contribution in [1.29, 1.82) is 0 Å². The van der Waals surface area contributed by atoms with Gasteiger partial charge >= 0.3 is 0 Å². The molecule has 2 aromatic heterocycles. The Morgan fingerprint density at radius 2 is 2.26 bits per heavy atom. The van der Waals surface area contributed by atoms with Crippen LogP contribution in [-0.4, -0.2) is 33.4 Å². The maximum Gasteiger partial charge on any atom is 0.217 e. The van der Waals surface area contributed by atoms with Crippen LogP contribution in [0, 0.1) is 0 Å². The minimum atomic E-state index is -0.104. The lowest BCUT2D eigenvalue weighted by atomic mass is 10.3. The van der Waals surface area contributed by atoms with Crippen LogP contribution < -0.4 is 16.4 Å². The summed E-state index contributed by atoms with van der Waals surface area (Å²) in [6.45, 7) is 4.52. The number of thiazole rings is 1. The van der Waals surface area contributed by atoms with Crippen molar-refractivity contribution < 1.29 is 4.79 Å². The Morgan fingerprint density at radius 1 is 1.43 bits per heavy atom. The molecule has 122 valence electrons. The zero-order valence-electron chi connectivity index (χ0n) is 13.0. The second kappa shape index (κ2) is 8.18. The fourth-order valence-electron chi connectivity index (χ4n) is 1.65. The van der Waals surface area contributed by atoms with E-state index in [0.29, 0.717) is 35.7 Å². The van der Waals surface area contributed by atoms with Crippen LogP contribution >= 0.6 is 11.3 Å². The number of aliphatic imine (C=N–C) groups is 1. The Hall–Kier alpha value is -2.55. The Bertz CT molecular complexity index is 698. The Labute approximate surface area is 138 Å². The minimum Gasteiger partial charge on any atom is -0.370 e. The average molecular weight is 333 g/mol. The fourth-order valence-corrected chi connectivity index (χ4v) is 2.34. The van der Waals surface area contributed by atoms with E-state index in [9.17, 15) is 4.79 Å². The third-order valence-electron chi connectivity index (χ3n) is 2.71. The molecule has 0 aliphatic heterocycles. The summed E-state index contributed by atoms with van der Waals surface area (Å²) < 4.78 is 0. The Kier molecular flexibility index (Phi) is 5.98. The van der Waals surface area contributed by atoms with Crippen molar-refractivity contribution in [2.24, 2.45) is 10.7 Å². The summed E-state index contributed by atoms with van der Waals surface area (Å²) >= 11 is 1.40. The molecule has 0 aromatic carbocycles. The van der Waals surface area contributed by atoms with Gasteiger partial charge in [0.2, 0.25) is 5.91 Å². The van der Waals surface area contributed by atoms with Crippen molar-refractivity contribution in [3.8, 4) is 11.5 Å². The van der Waals surface area contributed by atoms with E-state index < -0.39 is 0 Å². The average Bonchev–Trinajstić information content (AvgIpc) is 2.99. The van der Waals surface area contributed by atoms with E-state index in [1.807, 2.05) is 12.3 Å².